The highest BCUT2D eigenvalue weighted by Crippen LogP contribution is 2.11. The molecule has 1 heterocycles. The van der Waals surface area contributed by atoms with Crippen molar-refractivity contribution >= 4 is 11.6 Å². The lowest BCUT2D eigenvalue weighted by atomic mass is 10.2. The van der Waals surface area contributed by atoms with E-state index in [0.717, 1.165) is 12.1 Å². The number of amides is 1. The lowest BCUT2D eigenvalue weighted by molar-refractivity contribution is 0.101. The van der Waals surface area contributed by atoms with Crippen molar-refractivity contribution in [2.45, 2.75) is 13.3 Å². The molecule has 0 radical (unpaired) electrons. The molecule has 0 aliphatic rings. The third-order valence-electron chi connectivity index (χ3n) is 2.63. The summed E-state index contributed by atoms with van der Waals surface area (Å²) in [6.45, 7) is 1.98. The maximum Gasteiger partial charge on any atom is 0.273 e. The molecule has 5 heteroatoms. The molecule has 1 aromatic carbocycles. The maximum absolute atomic E-state index is 12.7. The average Bonchev–Trinajstić information content (AvgIpc) is 2.73. The number of halogens is 1. The van der Waals surface area contributed by atoms with Gasteiger partial charge in [0.1, 0.15) is 11.5 Å². The molecule has 0 saturated carbocycles. The standard InChI is InChI=1S/C13H14FN3O/c1-3-10-8-12(17(2)16-10)13(18)15-11-6-4-9(14)5-7-11/h4-8H,3H2,1-2H3,(H,15,18). The van der Waals surface area contributed by atoms with Crippen molar-refractivity contribution in [3.05, 3.63) is 47.5 Å². The third kappa shape index (κ3) is 2.56. The second-order valence-corrected chi connectivity index (χ2v) is 3.96. The van der Waals surface area contributed by atoms with Crippen LogP contribution in [0, 0.1) is 5.82 Å². The van der Waals surface area contributed by atoms with Gasteiger partial charge < -0.3 is 5.32 Å². The van der Waals surface area contributed by atoms with E-state index in [1.54, 1.807) is 13.1 Å². The summed E-state index contributed by atoms with van der Waals surface area (Å²) in [5.41, 5.74) is 1.90. The summed E-state index contributed by atoms with van der Waals surface area (Å²) >= 11 is 0. The molecule has 2 rings (SSSR count). The van der Waals surface area contributed by atoms with Crippen molar-refractivity contribution < 1.29 is 9.18 Å². The molecule has 94 valence electrons. The average molecular weight is 247 g/mol. The first-order chi connectivity index (χ1) is 8.60. The number of carbonyl (C=O) groups excluding carboxylic acids is 1. The molecule has 0 spiro atoms. The molecule has 0 unspecified atom stereocenters. The van der Waals surface area contributed by atoms with Crippen LogP contribution in [-0.2, 0) is 13.5 Å². The summed E-state index contributed by atoms with van der Waals surface area (Å²) in [4.78, 5) is 12.0. The van der Waals surface area contributed by atoms with Gasteiger partial charge in [-0.15, -0.1) is 0 Å². The molecule has 1 amide bonds. The maximum atomic E-state index is 12.7. The van der Waals surface area contributed by atoms with Gasteiger partial charge in [-0.2, -0.15) is 5.10 Å². The first-order valence-electron chi connectivity index (χ1n) is 5.70. The number of aryl methyl sites for hydroxylation is 2. The van der Waals surface area contributed by atoms with Crippen LogP contribution in [-0.4, -0.2) is 15.7 Å². The first kappa shape index (κ1) is 12.3. The molecule has 0 saturated heterocycles. The Balaban J connectivity index is 2.16. The van der Waals surface area contributed by atoms with Gasteiger partial charge in [0.15, 0.2) is 0 Å². The fraction of sp³-hybridized carbons (Fsp3) is 0.231. The normalized spacial score (nSPS) is 10.4. The van der Waals surface area contributed by atoms with Gasteiger partial charge in [-0.3, -0.25) is 9.48 Å². The van der Waals surface area contributed by atoms with E-state index in [1.165, 1.54) is 28.9 Å². The van der Waals surface area contributed by atoms with E-state index in [0.29, 0.717) is 11.4 Å². The van der Waals surface area contributed by atoms with Crippen molar-refractivity contribution in [2.75, 3.05) is 5.32 Å². The van der Waals surface area contributed by atoms with Crippen LogP contribution in [0.3, 0.4) is 0 Å². The first-order valence-corrected chi connectivity index (χ1v) is 5.70. The molecule has 2 aromatic rings. The van der Waals surface area contributed by atoms with E-state index >= 15 is 0 Å². The summed E-state index contributed by atoms with van der Waals surface area (Å²) < 4.78 is 14.3. The molecule has 0 bridgehead atoms. The van der Waals surface area contributed by atoms with Crippen LogP contribution < -0.4 is 5.32 Å². The highest BCUT2D eigenvalue weighted by Gasteiger charge is 2.12. The number of anilines is 1. The topological polar surface area (TPSA) is 46.9 Å². The number of carbonyl (C=O) groups is 1. The Hall–Kier alpha value is -2.17. The Bertz CT molecular complexity index is 560. The quantitative estimate of drug-likeness (QED) is 0.905. The van der Waals surface area contributed by atoms with Crippen LogP contribution in [0.2, 0.25) is 0 Å². The Labute approximate surface area is 104 Å². The molecular formula is C13H14FN3O. The largest absolute Gasteiger partial charge is 0.321 e. The lowest BCUT2D eigenvalue weighted by Crippen LogP contribution is -2.15. The molecule has 4 nitrogen and oxygen atoms in total. The zero-order valence-electron chi connectivity index (χ0n) is 10.3. The van der Waals surface area contributed by atoms with Crippen molar-refractivity contribution in [1.29, 1.82) is 0 Å². The zero-order valence-corrected chi connectivity index (χ0v) is 10.3. The SMILES string of the molecule is CCc1cc(C(=O)Nc2ccc(F)cc2)n(C)n1. The number of aromatic nitrogens is 2. The smallest absolute Gasteiger partial charge is 0.273 e. The predicted molar refractivity (Wildman–Crippen MR) is 66.9 cm³/mol. The monoisotopic (exact) mass is 247 g/mol. The van der Waals surface area contributed by atoms with Crippen LogP contribution in [0.5, 0.6) is 0 Å². The van der Waals surface area contributed by atoms with Crippen molar-refractivity contribution in [3.8, 4) is 0 Å². The van der Waals surface area contributed by atoms with Crippen LogP contribution in [0.15, 0.2) is 30.3 Å². The minimum Gasteiger partial charge on any atom is -0.321 e. The van der Waals surface area contributed by atoms with Gasteiger partial charge in [0.05, 0.1) is 5.69 Å². The summed E-state index contributed by atoms with van der Waals surface area (Å²) in [5.74, 6) is -0.585. The third-order valence-corrected chi connectivity index (χ3v) is 2.63. The number of benzene rings is 1. The van der Waals surface area contributed by atoms with E-state index in [1.807, 2.05) is 6.92 Å². The summed E-state index contributed by atoms with van der Waals surface area (Å²) in [6, 6.07) is 7.39. The van der Waals surface area contributed by atoms with Crippen LogP contribution in [0.25, 0.3) is 0 Å². The summed E-state index contributed by atoms with van der Waals surface area (Å²) in [5, 5.41) is 6.90. The number of nitrogens with one attached hydrogen (secondary N) is 1. The van der Waals surface area contributed by atoms with Gasteiger partial charge >= 0.3 is 0 Å². The Morgan fingerprint density at radius 3 is 2.61 bits per heavy atom. The van der Waals surface area contributed by atoms with Crippen molar-refractivity contribution in [1.82, 2.24) is 9.78 Å². The van der Waals surface area contributed by atoms with Gasteiger partial charge in [0.25, 0.3) is 5.91 Å². The molecule has 0 aliphatic carbocycles. The van der Waals surface area contributed by atoms with Gasteiger partial charge in [-0.05, 0) is 36.8 Å². The molecule has 0 fully saturated rings. The van der Waals surface area contributed by atoms with Gasteiger partial charge in [-0.1, -0.05) is 6.92 Å². The number of nitrogens with zero attached hydrogens (tertiary/aromatic N) is 2. The molecule has 18 heavy (non-hydrogen) atoms. The molecule has 0 aliphatic heterocycles. The predicted octanol–water partition coefficient (Wildman–Crippen LogP) is 2.37. The Kier molecular flexibility index (Phi) is 3.41. The fourth-order valence-electron chi connectivity index (χ4n) is 1.64. The molecule has 0 atom stereocenters. The van der Waals surface area contributed by atoms with E-state index in [4.69, 9.17) is 0 Å². The number of hydrogen-bond acceptors (Lipinski definition) is 2. The Morgan fingerprint density at radius 1 is 1.39 bits per heavy atom. The van der Waals surface area contributed by atoms with E-state index in [-0.39, 0.29) is 11.7 Å². The minimum atomic E-state index is -0.332. The number of hydrogen-bond donors (Lipinski definition) is 1. The summed E-state index contributed by atoms with van der Waals surface area (Å²) in [7, 11) is 1.72. The zero-order chi connectivity index (χ0) is 13.1. The van der Waals surface area contributed by atoms with Gasteiger partial charge in [0.2, 0.25) is 0 Å². The highest BCUT2D eigenvalue weighted by molar-refractivity contribution is 6.03. The second kappa shape index (κ2) is 5.00. The molecule has 1 aromatic heterocycles. The lowest BCUT2D eigenvalue weighted by Gasteiger charge is -2.04. The minimum absolute atomic E-state index is 0.253. The highest BCUT2D eigenvalue weighted by atomic mass is 19.1. The van der Waals surface area contributed by atoms with E-state index < -0.39 is 0 Å². The van der Waals surface area contributed by atoms with Crippen LogP contribution in [0.4, 0.5) is 10.1 Å². The number of rotatable bonds is 3. The van der Waals surface area contributed by atoms with Gasteiger partial charge in [-0.25, -0.2) is 4.39 Å². The van der Waals surface area contributed by atoms with E-state index in [2.05, 4.69) is 10.4 Å². The fourth-order valence-corrected chi connectivity index (χ4v) is 1.64. The van der Waals surface area contributed by atoms with Crippen molar-refractivity contribution in [3.63, 3.8) is 0 Å². The molecule has 1 N–H and O–H groups in total. The summed E-state index contributed by atoms with van der Waals surface area (Å²) in [6.07, 6.45) is 0.775. The molecular weight excluding hydrogens is 233 g/mol. The Morgan fingerprint density at radius 2 is 2.06 bits per heavy atom. The van der Waals surface area contributed by atoms with Gasteiger partial charge in [0, 0.05) is 12.7 Å². The van der Waals surface area contributed by atoms with E-state index in [9.17, 15) is 9.18 Å². The second-order valence-electron chi connectivity index (χ2n) is 3.96. The van der Waals surface area contributed by atoms with Crippen molar-refractivity contribution in [2.24, 2.45) is 7.05 Å². The van der Waals surface area contributed by atoms with Crippen LogP contribution >= 0.6 is 0 Å². The van der Waals surface area contributed by atoms with Crippen LogP contribution in [0.1, 0.15) is 23.1 Å².